The van der Waals surface area contributed by atoms with Gasteiger partial charge in [-0.2, -0.15) is 18.3 Å². The van der Waals surface area contributed by atoms with Crippen LogP contribution in [0.5, 0.6) is 0 Å². The van der Waals surface area contributed by atoms with E-state index < -0.39 is 57.5 Å². The van der Waals surface area contributed by atoms with E-state index in [4.69, 9.17) is 0 Å². The minimum Gasteiger partial charge on any atom is -0.314 e. The average Bonchev–Trinajstić information content (AvgIpc) is 3.37. The van der Waals surface area contributed by atoms with Crippen molar-refractivity contribution in [2.45, 2.75) is 55.3 Å². The fourth-order valence-electron chi connectivity index (χ4n) is 4.02. The lowest BCUT2D eigenvalue weighted by atomic mass is 9.88. The van der Waals surface area contributed by atoms with Crippen molar-refractivity contribution in [1.82, 2.24) is 29.7 Å². The van der Waals surface area contributed by atoms with E-state index in [0.29, 0.717) is 11.9 Å². The van der Waals surface area contributed by atoms with Crippen molar-refractivity contribution < 1.29 is 30.4 Å². The zero-order chi connectivity index (χ0) is 24.0. The number of rotatable bonds is 5. The van der Waals surface area contributed by atoms with E-state index in [0.717, 1.165) is 12.1 Å². The second-order valence-electron chi connectivity index (χ2n) is 7.97. The van der Waals surface area contributed by atoms with E-state index >= 15 is 0 Å². The summed E-state index contributed by atoms with van der Waals surface area (Å²) in [6, 6.07) is 1.69. The highest BCUT2D eigenvalue weighted by Crippen LogP contribution is 2.40. The van der Waals surface area contributed by atoms with Gasteiger partial charge in [0.15, 0.2) is 0 Å². The van der Waals surface area contributed by atoms with Gasteiger partial charge in [-0.25, -0.2) is 21.9 Å². The molecule has 2 atom stereocenters. The summed E-state index contributed by atoms with van der Waals surface area (Å²) in [7, 11) is -4.57. The third-order valence-electron chi connectivity index (χ3n) is 5.46. The van der Waals surface area contributed by atoms with Gasteiger partial charge in [0.2, 0.25) is 10.0 Å². The zero-order valence-corrected chi connectivity index (χ0v) is 18.0. The molecule has 1 fully saturated rings. The summed E-state index contributed by atoms with van der Waals surface area (Å²) in [5.41, 5.74) is -1.08. The molecule has 2 N–H and O–H groups in total. The van der Waals surface area contributed by atoms with Crippen LogP contribution in [-0.4, -0.2) is 45.3 Å². The molecule has 8 nitrogen and oxygen atoms in total. The molecule has 1 saturated carbocycles. The molecule has 0 bridgehead atoms. The van der Waals surface area contributed by atoms with Crippen LogP contribution < -0.4 is 4.72 Å². The van der Waals surface area contributed by atoms with Crippen molar-refractivity contribution in [3.63, 3.8) is 0 Å². The Hall–Kier alpha value is -2.87. The molecule has 0 amide bonds. The molecule has 178 valence electrons. The van der Waals surface area contributed by atoms with Crippen LogP contribution in [0.25, 0.3) is 11.3 Å². The minimum atomic E-state index is -4.82. The molecular formula is C19H19F5N6O2S. The van der Waals surface area contributed by atoms with E-state index in [1.54, 1.807) is 6.92 Å². The fraction of sp³-hybridized carbons (Fsp3) is 0.421. The topological polar surface area (TPSA) is 106 Å². The van der Waals surface area contributed by atoms with E-state index in [1.807, 2.05) is 0 Å². The van der Waals surface area contributed by atoms with Gasteiger partial charge in [0.25, 0.3) is 5.92 Å². The van der Waals surface area contributed by atoms with Crippen LogP contribution in [-0.2, 0) is 16.2 Å². The second kappa shape index (κ2) is 8.17. The number of benzene rings is 1. The summed E-state index contributed by atoms with van der Waals surface area (Å²) >= 11 is 0. The van der Waals surface area contributed by atoms with E-state index in [-0.39, 0.29) is 17.7 Å². The highest BCUT2D eigenvalue weighted by Gasteiger charge is 2.44. The van der Waals surface area contributed by atoms with E-state index in [2.05, 4.69) is 25.1 Å². The molecule has 1 aliphatic rings. The second-order valence-corrected chi connectivity index (χ2v) is 9.69. The molecule has 3 aromatic rings. The summed E-state index contributed by atoms with van der Waals surface area (Å²) < 4.78 is 98.7. The van der Waals surface area contributed by atoms with Crippen LogP contribution >= 0.6 is 0 Å². The molecule has 0 aliphatic heterocycles. The maximum absolute atomic E-state index is 14.4. The minimum absolute atomic E-state index is 0.0000665. The first kappa shape index (κ1) is 23.3. The van der Waals surface area contributed by atoms with Crippen LogP contribution in [0.3, 0.4) is 0 Å². The summed E-state index contributed by atoms with van der Waals surface area (Å²) in [6.45, 7) is 1.58. The van der Waals surface area contributed by atoms with Gasteiger partial charge in [0.05, 0.1) is 16.2 Å². The number of halogens is 5. The van der Waals surface area contributed by atoms with Gasteiger partial charge in [-0.15, -0.1) is 10.2 Å². The van der Waals surface area contributed by atoms with Crippen LogP contribution in [0.2, 0.25) is 0 Å². The van der Waals surface area contributed by atoms with Crippen molar-refractivity contribution in [2.75, 3.05) is 0 Å². The summed E-state index contributed by atoms with van der Waals surface area (Å²) in [5, 5.41) is 13.6. The van der Waals surface area contributed by atoms with E-state index in [1.165, 1.54) is 23.2 Å². The maximum atomic E-state index is 14.4. The summed E-state index contributed by atoms with van der Waals surface area (Å²) in [5.74, 6) is -2.80. The van der Waals surface area contributed by atoms with Gasteiger partial charge in [0.1, 0.15) is 12.2 Å². The number of aromatic nitrogens is 5. The Kier molecular flexibility index (Phi) is 5.76. The Morgan fingerprint density at radius 1 is 1.21 bits per heavy atom. The molecule has 0 radical (unpaired) electrons. The van der Waals surface area contributed by atoms with E-state index in [9.17, 15) is 30.4 Å². The van der Waals surface area contributed by atoms with Crippen LogP contribution in [0.15, 0.2) is 41.7 Å². The van der Waals surface area contributed by atoms with Gasteiger partial charge < -0.3 is 4.57 Å². The first-order valence-electron chi connectivity index (χ1n) is 9.82. The quantitative estimate of drug-likeness (QED) is 0.531. The molecule has 4 rings (SSSR count). The lowest BCUT2D eigenvalue weighted by Gasteiger charge is -2.35. The Bertz CT molecular complexity index is 1240. The Balaban J connectivity index is 1.67. The number of nitrogens with one attached hydrogen (secondary N) is 2. The molecule has 33 heavy (non-hydrogen) atoms. The Labute approximate surface area is 185 Å². The van der Waals surface area contributed by atoms with Gasteiger partial charge in [-0.3, -0.25) is 5.10 Å². The van der Waals surface area contributed by atoms with Crippen LogP contribution in [0.4, 0.5) is 22.0 Å². The molecule has 0 spiro atoms. The van der Waals surface area contributed by atoms with Crippen molar-refractivity contribution in [2.24, 2.45) is 0 Å². The van der Waals surface area contributed by atoms with Crippen molar-refractivity contribution in [3.8, 4) is 11.3 Å². The number of H-pyrrole nitrogens is 1. The number of aryl methyl sites for hydroxylation is 1. The Morgan fingerprint density at radius 3 is 2.58 bits per heavy atom. The van der Waals surface area contributed by atoms with Gasteiger partial charge >= 0.3 is 6.18 Å². The third kappa shape index (κ3) is 5.05. The van der Waals surface area contributed by atoms with Gasteiger partial charge in [0, 0.05) is 36.7 Å². The third-order valence-corrected chi connectivity index (χ3v) is 6.96. The lowest BCUT2D eigenvalue weighted by Crippen LogP contribution is -2.45. The predicted octanol–water partition coefficient (Wildman–Crippen LogP) is 3.70. The number of nitrogens with zero attached hydrogens (tertiary/aromatic N) is 4. The fourth-order valence-corrected chi connectivity index (χ4v) is 5.34. The summed E-state index contributed by atoms with van der Waals surface area (Å²) in [4.78, 5) is -0.687. The molecule has 14 heteroatoms. The maximum Gasteiger partial charge on any atom is 0.416 e. The normalized spacial score (nSPS) is 21.3. The molecule has 0 unspecified atom stereocenters. The zero-order valence-electron chi connectivity index (χ0n) is 17.1. The number of hydrogen-bond acceptors (Lipinski definition) is 5. The van der Waals surface area contributed by atoms with Crippen molar-refractivity contribution in [1.29, 1.82) is 0 Å². The number of aromatic amines is 1. The highest BCUT2D eigenvalue weighted by atomic mass is 32.2. The first-order valence-corrected chi connectivity index (χ1v) is 11.3. The molecule has 1 aromatic carbocycles. The summed E-state index contributed by atoms with van der Waals surface area (Å²) in [6.07, 6.45) is -3.54. The molecule has 2 aromatic heterocycles. The molecular weight excluding hydrogens is 471 g/mol. The van der Waals surface area contributed by atoms with Gasteiger partial charge in [-0.05, 0) is 37.6 Å². The molecule has 2 heterocycles. The molecule has 0 saturated heterocycles. The molecule has 1 aliphatic carbocycles. The smallest absolute Gasteiger partial charge is 0.314 e. The first-order chi connectivity index (χ1) is 15.3. The predicted molar refractivity (Wildman–Crippen MR) is 106 cm³/mol. The number of alkyl halides is 5. The van der Waals surface area contributed by atoms with Crippen molar-refractivity contribution >= 4 is 10.0 Å². The highest BCUT2D eigenvalue weighted by molar-refractivity contribution is 7.89. The van der Waals surface area contributed by atoms with Crippen LogP contribution in [0, 0.1) is 6.92 Å². The Morgan fingerprint density at radius 2 is 1.97 bits per heavy atom. The van der Waals surface area contributed by atoms with Crippen molar-refractivity contribution in [3.05, 3.63) is 48.2 Å². The monoisotopic (exact) mass is 490 g/mol. The number of hydrogen-bond donors (Lipinski definition) is 2. The standard InChI is InChI=1S/C19H19F5N6O2S/c1-11-27-26-10-30(11)15-7-14(8-18(20,21)9-15)29-33(31,32)16-5-12(17-2-3-25-28-17)4-13(6-16)19(22,23)24/h2-6,10,14-15,29H,7-9H2,1H3,(H,25,28)/t14-,15+/m1/s1. The van der Waals surface area contributed by atoms with Gasteiger partial charge in [-0.1, -0.05) is 0 Å². The number of sulfonamides is 1. The lowest BCUT2D eigenvalue weighted by molar-refractivity contribution is -0.137. The SMILES string of the molecule is Cc1nncn1[C@H]1C[C@@H](NS(=O)(=O)c2cc(-c3ccn[nH]3)cc(C(F)(F)F)c2)CC(F)(F)C1. The average molecular weight is 490 g/mol. The largest absolute Gasteiger partial charge is 0.416 e. The van der Waals surface area contributed by atoms with Crippen LogP contribution in [0.1, 0.15) is 36.7 Å².